The largest absolute Gasteiger partial charge is 0.493 e. The molecule has 0 N–H and O–H groups in total. The Bertz CT molecular complexity index is 643. The van der Waals surface area contributed by atoms with Crippen LogP contribution in [0.25, 0.3) is 11.1 Å². The molecule has 25 heavy (non-hydrogen) atoms. The molecule has 0 spiro atoms. The summed E-state index contributed by atoms with van der Waals surface area (Å²) in [6.07, 6.45) is 7.31. The fourth-order valence-corrected chi connectivity index (χ4v) is 3.56. The quantitative estimate of drug-likeness (QED) is 0.321. The second-order valence-corrected chi connectivity index (χ2v) is 7.23. The Morgan fingerprint density at radius 2 is 1.36 bits per heavy atom. The summed E-state index contributed by atoms with van der Waals surface area (Å²) in [6.45, 7) is 7.33. The van der Waals surface area contributed by atoms with Gasteiger partial charge >= 0.3 is 0 Å². The van der Waals surface area contributed by atoms with E-state index in [1.165, 1.54) is 53.5 Å². The highest BCUT2D eigenvalue weighted by molar-refractivity contribution is 6.17. The first-order valence-electron chi connectivity index (χ1n) is 9.50. The molecular formula is C23H31ClO. The molecule has 0 bridgehead atoms. The summed E-state index contributed by atoms with van der Waals surface area (Å²) in [7, 11) is 0. The molecule has 0 fully saturated rings. The van der Waals surface area contributed by atoms with Gasteiger partial charge in [-0.1, -0.05) is 56.0 Å². The summed E-state index contributed by atoms with van der Waals surface area (Å²) in [5, 5.41) is 0. The van der Waals surface area contributed by atoms with Gasteiger partial charge in [0, 0.05) is 5.88 Å². The van der Waals surface area contributed by atoms with E-state index >= 15 is 0 Å². The van der Waals surface area contributed by atoms with Gasteiger partial charge in [0.2, 0.25) is 0 Å². The fraction of sp³-hybridized carbons (Fsp3) is 0.478. The topological polar surface area (TPSA) is 9.23 Å². The van der Waals surface area contributed by atoms with E-state index in [4.69, 9.17) is 16.3 Å². The SMILES string of the molecule is Cc1cccc(C)c1-c1cccc(OCCCCCCCCCl)c1C. The number of unbranched alkanes of at least 4 members (excludes halogenated alkanes) is 5. The Kier molecular flexibility index (Phi) is 8.34. The van der Waals surface area contributed by atoms with Crippen molar-refractivity contribution in [2.45, 2.75) is 59.3 Å². The van der Waals surface area contributed by atoms with Crippen molar-refractivity contribution in [3.63, 3.8) is 0 Å². The third-order valence-electron chi connectivity index (χ3n) is 4.82. The maximum Gasteiger partial charge on any atom is 0.122 e. The predicted molar refractivity (Wildman–Crippen MR) is 110 cm³/mol. The van der Waals surface area contributed by atoms with Gasteiger partial charge in [-0.3, -0.25) is 0 Å². The Morgan fingerprint density at radius 1 is 0.760 bits per heavy atom. The maximum atomic E-state index is 6.09. The molecular weight excluding hydrogens is 328 g/mol. The highest BCUT2D eigenvalue weighted by Crippen LogP contribution is 2.34. The smallest absolute Gasteiger partial charge is 0.122 e. The Morgan fingerprint density at radius 3 is 2.04 bits per heavy atom. The van der Waals surface area contributed by atoms with Gasteiger partial charge < -0.3 is 4.74 Å². The zero-order valence-corrected chi connectivity index (χ0v) is 16.7. The number of benzene rings is 2. The van der Waals surface area contributed by atoms with Crippen LogP contribution in [-0.2, 0) is 0 Å². The Labute approximate surface area is 158 Å². The number of rotatable bonds is 10. The van der Waals surface area contributed by atoms with Crippen LogP contribution in [0.1, 0.15) is 55.2 Å². The molecule has 2 heteroatoms. The van der Waals surface area contributed by atoms with Crippen LogP contribution >= 0.6 is 11.6 Å². The number of hydrogen-bond donors (Lipinski definition) is 0. The van der Waals surface area contributed by atoms with Crippen LogP contribution in [0.15, 0.2) is 36.4 Å². The van der Waals surface area contributed by atoms with Gasteiger partial charge in [-0.05, 0) is 67.5 Å². The minimum atomic E-state index is 0.791. The molecule has 0 unspecified atom stereocenters. The molecule has 0 aliphatic heterocycles. The second-order valence-electron chi connectivity index (χ2n) is 6.85. The first-order chi connectivity index (χ1) is 12.1. The Balaban J connectivity index is 1.93. The molecule has 136 valence electrons. The van der Waals surface area contributed by atoms with Crippen LogP contribution in [0.2, 0.25) is 0 Å². The standard InChI is InChI=1S/C23H31ClO/c1-18-12-10-13-19(2)23(18)21-14-11-15-22(20(21)3)25-17-9-7-5-4-6-8-16-24/h10-15H,4-9,16-17H2,1-3H3. The lowest BCUT2D eigenvalue weighted by atomic mass is 9.92. The molecule has 0 amide bonds. The average molecular weight is 359 g/mol. The van der Waals surface area contributed by atoms with Gasteiger partial charge in [-0.2, -0.15) is 0 Å². The van der Waals surface area contributed by atoms with Gasteiger partial charge in [0.05, 0.1) is 6.61 Å². The van der Waals surface area contributed by atoms with Crippen LogP contribution in [0, 0.1) is 20.8 Å². The molecule has 0 aliphatic rings. The first kappa shape index (κ1) is 19.8. The first-order valence-corrected chi connectivity index (χ1v) is 10.0. The maximum absolute atomic E-state index is 6.09. The van der Waals surface area contributed by atoms with Crippen LogP contribution in [-0.4, -0.2) is 12.5 Å². The normalized spacial score (nSPS) is 10.9. The van der Waals surface area contributed by atoms with Crippen LogP contribution < -0.4 is 4.74 Å². The van der Waals surface area contributed by atoms with E-state index in [-0.39, 0.29) is 0 Å². The van der Waals surface area contributed by atoms with Gasteiger partial charge in [0.1, 0.15) is 5.75 Å². The Hall–Kier alpha value is -1.47. The van der Waals surface area contributed by atoms with E-state index in [2.05, 4.69) is 57.2 Å². The molecule has 2 rings (SSSR count). The van der Waals surface area contributed by atoms with E-state index < -0.39 is 0 Å². The highest BCUT2D eigenvalue weighted by atomic mass is 35.5. The number of halogens is 1. The van der Waals surface area contributed by atoms with E-state index in [9.17, 15) is 0 Å². The molecule has 0 atom stereocenters. The van der Waals surface area contributed by atoms with Crippen molar-refractivity contribution >= 4 is 11.6 Å². The molecule has 2 aromatic rings. The molecule has 0 saturated carbocycles. The number of ether oxygens (including phenoxy) is 1. The van der Waals surface area contributed by atoms with Crippen molar-refractivity contribution < 1.29 is 4.74 Å². The summed E-state index contributed by atoms with van der Waals surface area (Å²) < 4.78 is 6.09. The third-order valence-corrected chi connectivity index (χ3v) is 5.09. The zero-order valence-electron chi connectivity index (χ0n) is 15.9. The van der Waals surface area contributed by atoms with E-state index in [1.54, 1.807) is 0 Å². The monoisotopic (exact) mass is 358 g/mol. The molecule has 2 aromatic carbocycles. The summed E-state index contributed by atoms with van der Waals surface area (Å²) in [5.41, 5.74) is 6.50. The van der Waals surface area contributed by atoms with E-state index in [0.29, 0.717) is 0 Å². The lowest BCUT2D eigenvalue weighted by Gasteiger charge is -2.16. The van der Waals surface area contributed by atoms with Gasteiger partial charge in [0.25, 0.3) is 0 Å². The van der Waals surface area contributed by atoms with Crippen molar-refractivity contribution in [3.8, 4) is 16.9 Å². The average Bonchev–Trinajstić information content (AvgIpc) is 2.59. The van der Waals surface area contributed by atoms with Crippen LogP contribution in [0.5, 0.6) is 5.75 Å². The van der Waals surface area contributed by atoms with Crippen LogP contribution in [0.4, 0.5) is 0 Å². The highest BCUT2D eigenvalue weighted by Gasteiger charge is 2.11. The summed E-state index contributed by atoms with van der Waals surface area (Å²) in [6, 6.07) is 12.9. The number of alkyl halides is 1. The summed E-state index contributed by atoms with van der Waals surface area (Å²) in [4.78, 5) is 0. The minimum absolute atomic E-state index is 0.791. The van der Waals surface area contributed by atoms with Crippen molar-refractivity contribution in [1.82, 2.24) is 0 Å². The lowest BCUT2D eigenvalue weighted by Crippen LogP contribution is -2.00. The van der Waals surface area contributed by atoms with Gasteiger partial charge in [-0.25, -0.2) is 0 Å². The van der Waals surface area contributed by atoms with E-state index in [0.717, 1.165) is 31.1 Å². The van der Waals surface area contributed by atoms with Crippen molar-refractivity contribution in [2.24, 2.45) is 0 Å². The van der Waals surface area contributed by atoms with Crippen molar-refractivity contribution in [3.05, 3.63) is 53.1 Å². The van der Waals surface area contributed by atoms with Crippen LogP contribution in [0.3, 0.4) is 0 Å². The van der Waals surface area contributed by atoms with E-state index in [1.807, 2.05) is 0 Å². The molecule has 0 heterocycles. The number of hydrogen-bond acceptors (Lipinski definition) is 1. The fourth-order valence-electron chi connectivity index (χ4n) is 3.37. The van der Waals surface area contributed by atoms with Gasteiger partial charge in [-0.15, -0.1) is 11.6 Å². The molecule has 0 saturated heterocycles. The lowest BCUT2D eigenvalue weighted by molar-refractivity contribution is 0.302. The molecule has 0 aromatic heterocycles. The molecule has 0 aliphatic carbocycles. The van der Waals surface area contributed by atoms with Gasteiger partial charge in [0.15, 0.2) is 0 Å². The molecule has 1 nitrogen and oxygen atoms in total. The summed E-state index contributed by atoms with van der Waals surface area (Å²) in [5.74, 6) is 1.81. The zero-order chi connectivity index (χ0) is 18.1. The second kappa shape index (κ2) is 10.5. The minimum Gasteiger partial charge on any atom is -0.493 e. The molecule has 0 radical (unpaired) electrons. The summed E-state index contributed by atoms with van der Waals surface area (Å²) >= 11 is 5.70. The number of aryl methyl sites for hydroxylation is 2. The third kappa shape index (κ3) is 5.78. The predicted octanol–water partition coefficient (Wildman–Crippen LogP) is 7.24. The van der Waals surface area contributed by atoms with Crippen molar-refractivity contribution in [1.29, 1.82) is 0 Å². The van der Waals surface area contributed by atoms with Crippen molar-refractivity contribution in [2.75, 3.05) is 12.5 Å².